The van der Waals surface area contributed by atoms with E-state index in [0.717, 1.165) is 17.1 Å². The molecule has 0 saturated heterocycles. The number of hydrazine groups is 1. The lowest BCUT2D eigenvalue weighted by atomic mass is 10.3. The topological polar surface area (TPSA) is 152 Å². The van der Waals surface area contributed by atoms with Gasteiger partial charge in [-0.2, -0.15) is 0 Å². The normalized spacial score (nSPS) is 11.2. The van der Waals surface area contributed by atoms with Gasteiger partial charge < -0.3 is 5.11 Å². The number of hydrogen-bond acceptors (Lipinski definition) is 8. The second-order valence-corrected chi connectivity index (χ2v) is 7.34. The van der Waals surface area contributed by atoms with E-state index < -0.39 is 37.2 Å². The van der Waals surface area contributed by atoms with Gasteiger partial charge in [0.25, 0.3) is 10.0 Å². The van der Waals surface area contributed by atoms with E-state index in [1.54, 1.807) is 12.3 Å². The molecular formula is C12H12N4O6S2. The van der Waals surface area contributed by atoms with E-state index >= 15 is 0 Å². The molecule has 24 heavy (non-hydrogen) atoms. The number of carbonyl (C=O) groups excluding carboxylic acids is 1. The lowest BCUT2D eigenvalue weighted by molar-refractivity contribution is -0.386. The van der Waals surface area contributed by atoms with Crippen molar-refractivity contribution < 1.29 is 23.2 Å². The number of amides is 1. The number of hydrogen-bond donors (Lipinski definition) is 3. The number of nitro groups is 1. The predicted octanol–water partition coefficient (Wildman–Crippen LogP) is 0.618. The average Bonchev–Trinajstić information content (AvgIpc) is 2.90. The number of aryl methyl sites for hydroxylation is 1. The number of phenols is 1. The number of rotatable bonds is 6. The van der Waals surface area contributed by atoms with E-state index in [2.05, 4.69) is 4.98 Å². The van der Waals surface area contributed by atoms with Gasteiger partial charge in [-0.25, -0.2) is 13.4 Å². The highest BCUT2D eigenvalue weighted by Crippen LogP contribution is 2.27. The van der Waals surface area contributed by atoms with Crippen molar-refractivity contribution in [1.29, 1.82) is 0 Å². The Labute approximate surface area is 140 Å². The Morgan fingerprint density at radius 2 is 2.17 bits per heavy atom. The summed E-state index contributed by atoms with van der Waals surface area (Å²) in [5.41, 5.74) is 1.73. The van der Waals surface area contributed by atoms with Crippen molar-refractivity contribution in [2.75, 3.05) is 0 Å². The van der Waals surface area contributed by atoms with Gasteiger partial charge in [0.2, 0.25) is 5.91 Å². The van der Waals surface area contributed by atoms with Crippen LogP contribution in [0.15, 0.2) is 28.5 Å². The Bertz CT molecular complexity index is 893. The fourth-order valence-corrected chi connectivity index (χ4v) is 3.19. The number of phenolic OH excluding ortho intramolecular Hbond substituents is 1. The van der Waals surface area contributed by atoms with Crippen molar-refractivity contribution in [3.63, 3.8) is 0 Å². The Morgan fingerprint density at radius 1 is 1.46 bits per heavy atom. The van der Waals surface area contributed by atoms with Gasteiger partial charge in [-0.15, -0.1) is 16.2 Å². The number of thiazole rings is 1. The molecule has 0 atom stereocenters. The smallest absolute Gasteiger partial charge is 0.312 e. The zero-order valence-corrected chi connectivity index (χ0v) is 13.8. The van der Waals surface area contributed by atoms with Crippen LogP contribution in [0, 0.1) is 17.0 Å². The molecule has 0 spiro atoms. The highest BCUT2D eigenvalue weighted by Gasteiger charge is 2.21. The number of benzene rings is 1. The van der Waals surface area contributed by atoms with Crippen LogP contribution in [0.25, 0.3) is 0 Å². The Balaban J connectivity index is 2.07. The largest absolute Gasteiger partial charge is 0.502 e. The van der Waals surface area contributed by atoms with Gasteiger partial charge >= 0.3 is 5.69 Å². The van der Waals surface area contributed by atoms with Gasteiger partial charge in [-0.05, 0) is 19.1 Å². The van der Waals surface area contributed by atoms with E-state index in [0.29, 0.717) is 11.8 Å². The molecule has 12 heteroatoms. The lowest BCUT2D eigenvalue weighted by Gasteiger charge is -2.08. The summed E-state index contributed by atoms with van der Waals surface area (Å²) in [7, 11) is -4.23. The molecule has 1 amide bonds. The van der Waals surface area contributed by atoms with Crippen LogP contribution in [0.1, 0.15) is 10.7 Å². The van der Waals surface area contributed by atoms with E-state index in [1.807, 2.05) is 10.3 Å². The molecule has 2 aromatic rings. The fourth-order valence-electron chi connectivity index (χ4n) is 1.70. The third kappa shape index (κ3) is 4.24. The first-order chi connectivity index (χ1) is 11.2. The molecule has 0 unspecified atom stereocenters. The monoisotopic (exact) mass is 372 g/mol. The number of aromatic hydroxyl groups is 1. The summed E-state index contributed by atoms with van der Waals surface area (Å²) in [5.74, 6) is -1.31. The van der Waals surface area contributed by atoms with Crippen LogP contribution in [0.3, 0.4) is 0 Å². The average molecular weight is 372 g/mol. The Morgan fingerprint density at radius 3 is 2.75 bits per heavy atom. The summed E-state index contributed by atoms with van der Waals surface area (Å²) in [5, 5.41) is 22.5. The van der Waals surface area contributed by atoms with Crippen LogP contribution < -0.4 is 10.3 Å². The second-order valence-electron chi connectivity index (χ2n) is 4.60. The van der Waals surface area contributed by atoms with Crippen LogP contribution >= 0.6 is 11.3 Å². The molecule has 0 aliphatic carbocycles. The third-order valence-electron chi connectivity index (χ3n) is 2.79. The molecule has 1 aromatic heterocycles. The number of nitrogens with one attached hydrogen (secondary N) is 2. The van der Waals surface area contributed by atoms with Crippen molar-refractivity contribution >= 4 is 33.0 Å². The zero-order chi connectivity index (χ0) is 17.9. The minimum absolute atomic E-state index is 0.122. The number of sulfonamides is 1. The number of nitro benzene ring substituents is 1. The Kier molecular flexibility index (Phi) is 5.11. The zero-order valence-electron chi connectivity index (χ0n) is 12.2. The minimum atomic E-state index is -4.23. The van der Waals surface area contributed by atoms with Gasteiger partial charge in [-0.1, -0.05) is 0 Å². The first-order valence-electron chi connectivity index (χ1n) is 6.38. The first kappa shape index (κ1) is 17.8. The van der Waals surface area contributed by atoms with Gasteiger partial charge in [0, 0.05) is 11.4 Å². The molecule has 1 aromatic carbocycles. The van der Waals surface area contributed by atoms with Crippen LogP contribution in [0.2, 0.25) is 0 Å². The van der Waals surface area contributed by atoms with Gasteiger partial charge in [0.05, 0.1) is 26.9 Å². The lowest BCUT2D eigenvalue weighted by Crippen LogP contribution is -2.42. The van der Waals surface area contributed by atoms with Crippen molar-refractivity contribution in [2.24, 2.45) is 0 Å². The van der Waals surface area contributed by atoms with E-state index in [-0.39, 0.29) is 6.42 Å². The standard InChI is InChI=1S/C12H12N4O6S2/c1-7-13-8(6-23-7)4-12(18)14-15-24(21,22)9-2-3-11(17)10(5-9)16(19)20/h2-3,5-6,15,17H,4H2,1H3,(H,14,18). The van der Waals surface area contributed by atoms with Gasteiger partial charge in [0.15, 0.2) is 5.75 Å². The SMILES string of the molecule is Cc1nc(CC(=O)NNS(=O)(=O)c2ccc(O)c([N+](=O)[O-])c2)cs1. The minimum Gasteiger partial charge on any atom is -0.502 e. The molecule has 0 bridgehead atoms. The molecule has 0 saturated carbocycles. The summed E-state index contributed by atoms with van der Waals surface area (Å²) in [6.07, 6.45) is -0.122. The summed E-state index contributed by atoms with van der Waals surface area (Å²) in [6, 6.07) is 2.54. The summed E-state index contributed by atoms with van der Waals surface area (Å²) in [6.45, 7) is 1.77. The quantitative estimate of drug-likeness (QED) is 0.496. The molecule has 1 heterocycles. The maximum Gasteiger partial charge on any atom is 0.312 e. The number of nitrogens with zero attached hydrogens (tertiary/aromatic N) is 2. The highest BCUT2D eigenvalue weighted by molar-refractivity contribution is 7.89. The summed E-state index contributed by atoms with van der Waals surface area (Å²) in [4.78, 5) is 26.9. The maximum atomic E-state index is 12.0. The molecule has 128 valence electrons. The molecular weight excluding hydrogens is 360 g/mol. The molecule has 0 aliphatic rings. The molecule has 10 nitrogen and oxygen atoms in total. The molecule has 2 rings (SSSR count). The molecule has 0 radical (unpaired) electrons. The maximum absolute atomic E-state index is 12.0. The van der Waals surface area contributed by atoms with Crippen LogP contribution in [0.4, 0.5) is 5.69 Å². The van der Waals surface area contributed by atoms with Crippen molar-refractivity contribution in [1.82, 2.24) is 15.2 Å². The van der Waals surface area contributed by atoms with E-state index in [1.165, 1.54) is 11.3 Å². The van der Waals surface area contributed by atoms with E-state index in [4.69, 9.17) is 0 Å². The predicted molar refractivity (Wildman–Crippen MR) is 83.8 cm³/mol. The fraction of sp³-hybridized carbons (Fsp3) is 0.167. The van der Waals surface area contributed by atoms with Crippen molar-refractivity contribution in [3.05, 3.63) is 44.4 Å². The Hall–Kier alpha value is -2.57. The van der Waals surface area contributed by atoms with Gasteiger partial charge in [-0.3, -0.25) is 20.3 Å². The second kappa shape index (κ2) is 6.90. The first-order valence-corrected chi connectivity index (χ1v) is 8.74. The molecule has 0 aliphatic heterocycles. The summed E-state index contributed by atoms with van der Waals surface area (Å²) >= 11 is 1.36. The van der Waals surface area contributed by atoms with Crippen LogP contribution in [-0.2, 0) is 21.2 Å². The van der Waals surface area contributed by atoms with Gasteiger partial charge in [0.1, 0.15) is 0 Å². The molecule has 3 N–H and O–H groups in total. The van der Waals surface area contributed by atoms with Crippen molar-refractivity contribution in [2.45, 2.75) is 18.2 Å². The highest BCUT2D eigenvalue weighted by atomic mass is 32.2. The third-order valence-corrected chi connectivity index (χ3v) is 4.85. The molecule has 0 fully saturated rings. The summed E-state index contributed by atoms with van der Waals surface area (Å²) < 4.78 is 24.1. The van der Waals surface area contributed by atoms with Crippen LogP contribution in [-0.4, -0.2) is 29.3 Å². The number of carbonyl (C=O) groups is 1. The van der Waals surface area contributed by atoms with Crippen LogP contribution in [0.5, 0.6) is 5.75 Å². The number of aromatic nitrogens is 1. The van der Waals surface area contributed by atoms with Crippen molar-refractivity contribution in [3.8, 4) is 5.75 Å². The van der Waals surface area contributed by atoms with E-state index in [9.17, 15) is 28.4 Å².